The van der Waals surface area contributed by atoms with Gasteiger partial charge >= 0.3 is 0 Å². The summed E-state index contributed by atoms with van der Waals surface area (Å²) in [5.41, 5.74) is 1.10. The van der Waals surface area contributed by atoms with Gasteiger partial charge in [-0.1, -0.05) is 0 Å². The molecule has 0 unspecified atom stereocenters. The van der Waals surface area contributed by atoms with Gasteiger partial charge in [0.05, 0.1) is 39.0 Å². The van der Waals surface area contributed by atoms with Crippen LogP contribution in [0.25, 0.3) is 5.76 Å². The number of ketones is 1. The van der Waals surface area contributed by atoms with Gasteiger partial charge in [-0.2, -0.15) is 0 Å². The monoisotopic (exact) mass is 453 g/mol. The lowest BCUT2D eigenvalue weighted by atomic mass is 9.96. The lowest BCUT2D eigenvalue weighted by Gasteiger charge is -2.31. The number of aliphatic hydroxyl groups excluding tert-OH is 1. The number of amides is 1. The molecule has 1 aromatic heterocycles. The molecule has 0 radical (unpaired) electrons. The molecule has 2 fully saturated rings. The van der Waals surface area contributed by atoms with E-state index in [2.05, 4.69) is 9.88 Å². The Morgan fingerprint density at radius 2 is 1.76 bits per heavy atom. The van der Waals surface area contributed by atoms with Gasteiger partial charge in [0.25, 0.3) is 11.7 Å². The molecule has 1 aromatic carbocycles. The predicted octanol–water partition coefficient (Wildman–Crippen LogP) is 1.85. The summed E-state index contributed by atoms with van der Waals surface area (Å²) in [6, 6.07) is 7.63. The second-order valence-corrected chi connectivity index (χ2v) is 7.80. The second kappa shape index (κ2) is 10.0. The first kappa shape index (κ1) is 22.8. The molecule has 2 aliphatic heterocycles. The van der Waals surface area contributed by atoms with Gasteiger partial charge in [0, 0.05) is 44.1 Å². The maximum atomic E-state index is 13.1. The molecular formula is C24H27N3O6. The first-order chi connectivity index (χ1) is 16.0. The number of hydrogen-bond donors (Lipinski definition) is 1. The van der Waals surface area contributed by atoms with Gasteiger partial charge in [0.15, 0.2) is 11.5 Å². The van der Waals surface area contributed by atoms with E-state index in [1.165, 1.54) is 19.1 Å². The summed E-state index contributed by atoms with van der Waals surface area (Å²) < 4.78 is 16.0. The van der Waals surface area contributed by atoms with Crippen molar-refractivity contribution >= 4 is 17.4 Å². The van der Waals surface area contributed by atoms with Crippen LogP contribution in [-0.4, -0.2) is 85.2 Å². The van der Waals surface area contributed by atoms with Crippen molar-refractivity contribution in [3.63, 3.8) is 0 Å². The van der Waals surface area contributed by atoms with Crippen LogP contribution in [0, 0.1) is 0 Å². The van der Waals surface area contributed by atoms with E-state index in [9.17, 15) is 14.7 Å². The Kier molecular flexibility index (Phi) is 6.90. The van der Waals surface area contributed by atoms with Crippen molar-refractivity contribution in [3.8, 4) is 11.5 Å². The highest BCUT2D eigenvalue weighted by molar-refractivity contribution is 6.46. The van der Waals surface area contributed by atoms with Crippen LogP contribution in [0.1, 0.15) is 17.2 Å². The Morgan fingerprint density at radius 3 is 2.42 bits per heavy atom. The fourth-order valence-corrected chi connectivity index (χ4v) is 4.22. The number of benzene rings is 1. The number of nitrogens with zero attached hydrogens (tertiary/aromatic N) is 3. The minimum absolute atomic E-state index is 0.0420. The molecule has 1 N–H and O–H groups in total. The number of ether oxygens (including phenoxy) is 3. The first-order valence-electron chi connectivity index (χ1n) is 10.8. The fraction of sp³-hybridized carbons (Fsp3) is 0.375. The third kappa shape index (κ3) is 4.55. The molecule has 2 aromatic rings. The van der Waals surface area contributed by atoms with E-state index < -0.39 is 17.7 Å². The summed E-state index contributed by atoms with van der Waals surface area (Å²) in [6.07, 6.45) is 3.21. The van der Waals surface area contributed by atoms with Crippen molar-refractivity contribution in [1.82, 2.24) is 14.8 Å². The van der Waals surface area contributed by atoms with Gasteiger partial charge in [-0.15, -0.1) is 0 Å². The smallest absolute Gasteiger partial charge is 0.295 e. The van der Waals surface area contributed by atoms with E-state index in [1.54, 1.807) is 42.7 Å². The molecule has 1 amide bonds. The van der Waals surface area contributed by atoms with Crippen LogP contribution in [0.2, 0.25) is 0 Å². The quantitative estimate of drug-likeness (QED) is 0.385. The van der Waals surface area contributed by atoms with Crippen LogP contribution in [0.3, 0.4) is 0 Å². The van der Waals surface area contributed by atoms with Crippen molar-refractivity contribution in [3.05, 3.63) is 59.4 Å². The molecule has 33 heavy (non-hydrogen) atoms. The molecule has 2 aliphatic rings. The third-order valence-electron chi connectivity index (χ3n) is 5.98. The zero-order chi connectivity index (χ0) is 23.4. The van der Waals surface area contributed by atoms with E-state index in [-0.39, 0.29) is 11.3 Å². The number of carbonyl (C=O) groups is 2. The molecule has 0 bridgehead atoms. The van der Waals surface area contributed by atoms with Crippen molar-refractivity contribution in [1.29, 1.82) is 0 Å². The summed E-state index contributed by atoms with van der Waals surface area (Å²) in [5, 5.41) is 11.2. The number of likely N-dealkylation sites (tertiary alicyclic amines) is 1. The number of aliphatic hydroxyl groups is 1. The Labute approximate surface area is 192 Å². The van der Waals surface area contributed by atoms with E-state index in [0.717, 1.165) is 13.1 Å². The van der Waals surface area contributed by atoms with Crippen molar-refractivity contribution in [2.45, 2.75) is 6.04 Å². The summed E-state index contributed by atoms with van der Waals surface area (Å²) >= 11 is 0. The van der Waals surface area contributed by atoms with Crippen molar-refractivity contribution in [2.75, 3.05) is 53.6 Å². The standard InChI is InChI=1S/C24H27N3O6/c1-31-18-4-3-17(15-19(18)32-2)22(28)20-21(16-5-7-25-8-6-16)27(24(30)23(20)29)10-9-26-11-13-33-14-12-26/h3-8,15,21,28H,9-14H2,1-2H3/b22-20+/t21-/m0/s1. The number of aromatic nitrogens is 1. The van der Waals surface area contributed by atoms with Gasteiger partial charge in [-0.25, -0.2) is 0 Å². The van der Waals surface area contributed by atoms with E-state index in [1.807, 2.05) is 0 Å². The van der Waals surface area contributed by atoms with E-state index in [0.29, 0.717) is 48.9 Å². The Bertz CT molecular complexity index is 1050. The molecule has 0 spiro atoms. The topological polar surface area (TPSA) is 101 Å². The molecule has 1 atom stereocenters. The predicted molar refractivity (Wildman–Crippen MR) is 120 cm³/mol. The second-order valence-electron chi connectivity index (χ2n) is 7.80. The molecule has 3 heterocycles. The minimum Gasteiger partial charge on any atom is -0.507 e. The maximum absolute atomic E-state index is 13.1. The highest BCUT2D eigenvalue weighted by Gasteiger charge is 2.46. The number of pyridine rings is 1. The van der Waals surface area contributed by atoms with Gasteiger partial charge in [0.1, 0.15) is 5.76 Å². The summed E-state index contributed by atoms with van der Waals surface area (Å²) in [7, 11) is 3.00. The molecule has 2 saturated heterocycles. The SMILES string of the molecule is COc1ccc(/C(O)=C2\C(=O)C(=O)N(CCN3CCOCC3)[C@H]2c2ccncc2)cc1OC. The van der Waals surface area contributed by atoms with Crippen LogP contribution < -0.4 is 9.47 Å². The number of carbonyl (C=O) groups excluding carboxylic acids is 2. The Balaban J connectivity index is 1.73. The lowest BCUT2D eigenvalue weighted by molar-refractivity contribution is -0.140. The fourth-order valence-electron chi connectivity index (χ4n) is 4.22. The van der Waals surface area contributed by atoms with Crippen LogP contribution in [-0.2, 0) is 14.3 Å². The van der Waals surface area contributed by atoms with Crippen molar-refractivity contribution < 1.29 is 28.9 Å². The van der Waals surface area contributed by atoms with Crippen LogP contribution >= 0.6 is 0 Å². The minimum atomic E-state index is -0.720. The summed E-state index contributed by atoms with van der Waals surface area (Å²) in [4.78, 5) is 34.0. The number of hydrogen-bond acceptors (Lipinski definition) is 8. The average Bonchev–Trinajstić information content (AvgIpc) is 3.12. The van der Waals surface area contributed by atoms with Crippen LogP contribution in [0.5, 0.6) is 11.5 Å². The normalized spacial score (nSPS) is 20.8. The zero-order valence-electron chi connectivity index (χ0n) is 18.7. The molecule has 0 saturated carbocycles. The molecular weight excluding hydrogens is 426 g/mol. The number of Topliss-reactive ketones (excluding diaryl/α,β-unsaturated/α-hetero) is 1. The Morgan fingerprint density at radius 1 is 1.06 bits per heavy atom. The van der Waals surface area contributed by atoms with Crippen molar-refractivity contribution in [2.24, 2.45) is 0 Å². The maximum Gasteiger partial charge on any atom is 0.295 e. The lowest BCUT2D eigenvalue weighted by Crippen LogP contribution is -2.42. The average molecular weight is 453 g/mol. The summed E-state index contributed by atoms with van der Waals surface area (Å²) in [5.74, 6) is -0.711. The van der Waals surface area contributed by atoms with Gasteiger partial charge in [-0.05, 0) is 35.9 Å². The molecule has 9 heteroatoms. The number of methoxy groups -OCH3 is 2. The summed E-state index contributed by atoms with van der Waals surface area (Å²) in [6.45, 7) is 3.79. The van der Waals surface area contributed by atoms with Gasteiger partial charge < -0.3 is 24.2 Å². The van der Waals surface area contributed by atoms with Crippen LogP contribution in [0.15, 0.2) is 48.3 Å². The Hall–Kier alpha value is -3.43. The molecule has 9 nitrogen and oxygen atoms in total. The number of morpholine rings is 1. The molecule has 0 aliphatic carbocycles. The molecule has 4 rings (SSSR count). The largest absolute Gasteiger partial charge is 0.507 e. The molecule has 174 valence electrons. The first-order valence-corrected chi connectivity index (χ1v) is 10.8. The highest BCUT2D eigenvalue weighted by atomic mass is 16.5. The number of rotatable bonds is 7. The van der Waals surface area contributed by atoms with E-state index >= 15 is 0 Å². The third-order valence-corrected chi connectivity index (χ3v) is 5.98. The van der Waals surface area contributed by atoms with Gasteiger partial charge in [-0.3, -0.25) is 19.5 Å². The zero-order valence-corrected chi connectivity index (χ0v) is 18.7. The van der Waals surface area contributed by atoms with Crippen LogP contribution in [0.4, 0.5) is 0 Å². The van der Waals surface area contributed by atoms with E-state index in [4.69, 9.17) is 14.2 Å². The highest BCUT2D eigenvalue weighted by Crippen LogP contribution is 2.40. The van der Waals surface area contributed by atoms with Gasteiger partial charge in [0.2, 0.25) is 0 Å².